The topological polar surface area (TPSA) is 225 Å². The number of carbonyl (C=O) groups excluding carboxylic acids is 3. The van der Waals surface area contributed by atoms with Crippen molar-refractivity contribution >= 4 is 52.1 Å². The molecule has 4 N–H and O–H groups in total. The molecule has 3 aromatic carbocycles. The van der Waals surface area contributed by atoms with Crippen molar-refractivity contribution in [1.29, 1.82) is 5.26 Å². The van der Waals surface area contributed by atoms with Crippen molar-refractivity contribution in [2.75, 3.05) is 13.2 Å². The van der Waals surface area contributed by atoms with Crippen molar-refractivity contribution in [3.05, 3.63) is 122 Å². The SMILES string of the molecule is Cc1ncsc1-c1ccc([C@H](C)NC(=O)[C@@H]2C[C@@H](O)CN2C(=O)[C@@H](NC(=O)COc2ccc(-c3ccc(C4=N[C@@H](CC(=O)O)c5nnc(C)n5-c5sc(C)c(C)c54)cc3)c(C#N)c2)C(C)(C)C)cc1. The Bertz CT molecular complexity index is 3030. The highest BCUT2D eigenvalue weighted by molar-refractivity contribution is 7.15. The number of aryl methyl sites for hydroxylation is 3. The van der Waals surface area contributed by atoms with E-state index < -0.39 is 59.9 Å². The van der Waals surface area contributed by atoms with Gasteiger partial charge < -0.3 is 30.5 Å². The van der Waals surface area contributed by atoms with Crippen LogP contribution in [0.2, 0.25) is 0 Å². The Hall–Kier alpha value is -7.07. The maximum Gasteiger partial charge on any atom is 0.306 e. The van der Waals surface area contributed by atoms with Crippen LogP contribution in [0.25, 0.3) is 26.6 Å². The summed E-state index contributed by atoms with van der Waals surface area (Å²) in [6.45, 7) is 14.6. The van der Waals surface area contributed by atoms with E-state index in [-0.39, 0.29) is 31.2 Å². The average Bonchev–Trinajstić information content (AvgIpc) is 4.09. The third-order valence-electron chi connectivity index (χ3n) is 12.6. The van der Waals surface area contributed by atoms with E-state index in [9.17, 15) is 34.7 Å². The molecule has 356 valence electrons. The van der Waals surface area contributed by atoms with Crippen LogP contribution in [0.5, 0.6) is 5.75 Å². The van der Waals surface area contributed by atoms with Gasteiger partial charge in [-0.1, -0.05) is 69.3 Å². The number of fused-ring (bicyclic) bond motifs is 3. The van der Waals surface area contributed by atoms with Gasteiger partial charge in [-0.15, -0.1) is 32.9 Å². The third-order valence-corrected chi connectivity index (χ3v) is 14.8. The molecule has 1 saturated heterocycles. The molecule has 0 radical (unpaired) electrons. The molecule has 8 rings (SSSR count). The number of nitrogens with one attached hydrogen (secondary N) is 2. The van der Waals surface area contributed by atoms with Gasteiger partial charge in [-0.25, -0.2) is 4.98 Å². The Kier molecular flexibility index (Phi) is 13.7. The van der Waals surface area contributed by atoms with Gasteiger partial charge in [-0.3, -0.25) is 28.7 Å². The maximum atomic E-state index is 14.3. The zero-order valence-corrected chi connectivity index (χ0v) is 41.2. The average molecular weight is 968 g/mol. The predicted octanol–water partition coefficient (Wildman–Crippen LogP) is 7.34. The van der Waals surface area contributed by atoms with E-state index in [4.69, 9.17) is 9.73 Å². The predicted molar refractivity (Wildman–Crippen MR) is 263 cm³/mol. The number of ether oxygens (including phenoxy) is 1. The molecular weight excluding hydrogens is 915 g/mol. The molecule has 18 heteroatoms. The third kappa shape index (κ3) is 9.94. The number of carboxylic acid groups (broad SMARTS) is 1. The first-order valence-corrected chi connectivity index (χ1v) is 24.2. The fraction of sp³-hybridized carbons (Fsp3) is 0.353. The molecule has 16 nitrogen and oxygen atoms in total. The summed E-state index contributed by atoms with van der Waals surface area (Å²) in [7, 11) is 0. The van der Waals surface area contributed by atoms with Gasteiger partial charge in [0.15, 0.2) is 12.4 Å². The second-order valence-corrected chi connectivity index (χ2v) is 20.6. The highest BCUT2D eigenvalue weighted by Crippen LogP contribution is 2.40. The number of hydrogen-bond acceptors (Lipinski definition) is 13. The van der Waals surface area contributed by atoms with E-state index in [0.717, 1.165) is 53.8 Å². The minimum absolute atomic E-state index is 0.0496. The van der Waals surface area contributed by atoms with Crippen LogP contribution >= 0.6 is 22.7 Å². The number of carboxylic acids is 1. The van der Waals surface area contributed by atoms with Gasteiger partial charge in [-0.2, -0.15) is 5.26 Å². The number of amides is 3. The molecule has 69 heavy (non-hydrogen) atoms. The number of carbonyl (C=O) groups is 4. The van der Waals surface area contributed by atoms with Gasteiger partial charge >= 0.3 is 5.97 Å². The number of aliphatic hydroxyl groups excluding tert-OH is 1. The molecule has 2 aliphatic rings. The number of nitriles is 1. The van der Waals surface area contributed by atoms with Crippen molar-refractivity contribution in [1.82, 2.24) is 35.3 Å². The van der Waals surface area contributed by atoms with Gasteiger partial charge in [0.05, 0.1) is 52.0 Å². The molecule has 0 saturated carbocycles. The number of β-amino-alcohol motifs (C(OH)–C–C–N with tert-alkyl or cyclic N) is 1. The van der Waals surface area contributed by atoms with Gasteiger partial charge in [0.1, 0.15) is 34.7 Å². The van der Waals surface area contributed by atoms with Crippen LogP contribution < -0.4 is 15.4 Å². The second-order valence-electron chi connectivity index (χ2n) is 18.6. The van der Waals surface area contributed by atoms with E-state index in [1.165, 1.54) is 4.90 Å². The van der Waals surface area contributed by atoms with Crippen molar-refractivity contribution in [2.45, 2.75) is 98.5 Å². The summed E-state index contributed by atoms with van der Waals surface area (Å²) >= 11 is 3.14. The van der Waals surface area contributed by atoms with Crippen molar-refractivity contribution in [3.8, 4) is 38.4 Å². The first-order valence-electron chi connectivity index (χ1n) is 22.5. The first-order chi connectivity index (χ1) is 32.8. The number of nitrogens with zero attached hydrogens (tertiary/aromatic N) is 7. The van der Waals surface area contributed by atoms with E-state index in [0.29, 0.717) is 28.5 Å². The zero-order chi connectivity index (χ0) is 49.5. The lowest BCUT2D eigenvalue weighted by molar-refractivity contribution is -0.144. The number of thiazole rings is 1. The zero-order valence-electron chi connectivity index (χ0n) is 39.5. The van der Waals surface area contributed by atoms with E-state index in [1.807, 2.05) is 87.7 Å². The minimum Gasteiger partial charge on any atom is -0.484 e. The molecule has 0 unspecified atom stereocenters. The van der Waals surface area contributed by atoms with Crippen LogP contribution in [0.3, 0.4) is 0 Å². The fourth-order valence-corrected chi connectivity index (χ4v) is 10.8. The van der Waals surface area contributed by atoms with E-state index >= 15 is 0 Å². The Labute approximate surface area is 407 Å². The smallest absolute Gasteiger partial charge is 0.306 e. The Morgan fingerprint density at radius 1 is 0.957 bits per heavy atom. The van der Waals surface area contributed by atoms with Crippen LogP contribution in [0.15, 0.2) is 77.2 Å². The summed E-state index contributed by atoms with van der Waals surface area (Å²) in [4.78, 5) is 66.4. The molecule has 3 amide bonds. The molecule has 3 aromatic heterocycles. The Balaban J connectivity index is 0.932. The quantitative estimate of drug-likeness (QED) is 0.0896. The van der Waals surface area contributed by atoms with Crippen molar-refractivity contribution in [3.63, 3.8) is 0 Å². The summed E-state index contributed by atoms with van der Waals surface area (Å²) < 4.78 is 7.78. The molecule has 5 atom stereocenters. The number of benzene rings is 3. The molecule has 1 fully saturated rings. The summed E-state index contributed by atoms with van der Waals surface area (Å²) in [5.74, 6) is -1.14. The standard InChI is InChI=1S/C51H53N9O7S2/c1-26-29(4)69-50-43(26)44(55-39(21-42(63)64)47-58-57-30(5)60(47)50)33-13-11-32(12-14-33)38-18-17-37(19-35(38)22-52)67-24-41(62)56-46(51(6,7)8)49(66)59-23-36(61)20-40(59)48(65)54-27(2)31-9-15-34(16-10-31)45-28(3)53-25-68-45/h9-19,25,27,36,39-40,46,61H,20-21,23-24H2,1-8H3,(H,54,65)(H,56,62)(H,63,64)/t27-,36+,39-,40-,46+/m0/s1. The number of thiophene rings is 1. The molecule has 0 aliphatic carbocycles. The maximum absolute atomic E-state index is 14.3. The van der Waals surface area contributed by atoms with Crippen molar-refractivity contribution in [2.24, 2.45) is 10.4 Å². The summed E-state index contributed by atoms with van der Waals surface area (Å²) in [6, 6.07) is 19.4. The lowest BCUT2D eigenvalue weighted by Gasteiger charge is -2.35. The first kappa shape index (κ1) is 48.4. The molecule has 0 bridgehead atoms. The lowest BCUT2D eigenvalue weighted by Crippen LogP contribution is -2.58. The molecule has 6 aromatic rings. The van der Waals surface area contributed by atoms with Crippen LogP contribution in [0, 0.1) is 44.4 Å². The molecular formula is C51H53N9O7S2. The van der Waals surface area contributed by atoms with Gasteiger partial charge in [0.2, 0.25) is 11.8 Å². The van der Waals surface area contributed by atoms with Crippen LogP contribution in [-0.2, 0) is 19.2 Å². The summed E-state index contributed by atoms with van der Waals surface area (Å²) in [5, 5.41) is 46.1. The normalized spacial score (nSPS) is 17.4. The van der Waals surface area contributed by atoms with Gasteiger partial charge in [0, 0.05) is 29.0 Å². The van der Waals surface area contributed by atoms with Gasteiger partial charge in [-0.05, 0) is 86.1 Å². The van der Waals surface area contributed by atoms with Crippen LogP contribution in [-0.4, -0.2) is 95.6 Å². The van der Waals surface area contributed by atoms with Crippen molar-refractivity contribution < 1.29 is 34.1 Å². The molecule has 5 heterocycles. The van der Waals surface area contributed by atoms with Crippen LogP contribution in [0.4, 0.5) is 0 Å². The summed E-state index contributed by atoms with van der Waals surface area (Å²) in [5.41, 5.74) is 8.84. The largest absolute Gasteiger partial charge is 0.484 e. The highest BCUT2D eigenvalue weighted by atomic mass is 32.1. The number of rotatable bonds is 13. The highest BCUT2D eigenvalue weighted by Gasteiger charge is 2.45. The number of aliphatic carboxylic acids is 1. The Morgan fingerprint density at radius 2 is 1.65 bits per heavy atom. The Morgan fingerprint density at radius 3 is 2.30 bits per heavy atom. The summed E-state index contributed by atoms with van der Waals surface area (Å²) in [6.07, 6.45) is -1.14. The molecule has 2 aliphatic heterocycles. The van der Waals surface area contributed by atoms with Gasteiger partial charge in [0.25, 0.3) is 5.91 Å². The number of aliphatic imine (C=N–C) groups is 1. The van der Waals surface area contributed by atoms with E-state index in [1.54, 1.807) is 67.2 Å². The number of hydrogen-bond donors (Lipinski definition) is 4. The molecule has 0 spiro atoms. The fourth-order valence-electron chi connectivity index (χ4n) is 8.82. The lowest BCUT2D eigenvalue weighted by atomic mass is 9.85. The second kappa shape index (κ2) is 19.5. The van der Waals surface area contributed by atoms with E-state index in [2.05, 4.69) is 31.9 Å². The monoisotopic (exact) mass is 967 g/mol. The minimum atomic E-state index is -1.07. The number of aromatic nitrogens is 4. The van der Waals surface area contributed by atoms with Crippen LogP contribution in [0.1, 0.15) is 103 Å². The number of aliphatic hydroxyl groups is 1. The number of likely N-dealkylation sites (tertiary alicyclic amines) is 1.